The smallest absolute Gasteiger partial charge is 0.230 e. The van der Waals surface area contributed by atoms with Crippen LogP contribution in [0.5, 0.6) is 0 Å². The number of hydrogen-bond donors (Lipinski definition) is 1. The average Bonchev–Trinajstić information content (AvgIpc) is 2.82. The van der Waals surface area contributed by atoms with Crippen LogP contribution >= 0.6 is 0 Å². The van der Waals surface area contributed by atoms with E-state index in [0.29, 0.717) is 17.9 Å². The summed E-state index contributed by atoms with van der Waals surface area (Å²) in [6, 6.07) is 0.701. The van der Waals surface area contributed by atoms with Gasteiger partial charge in [0.2, 0.25) is 5.89 Å². The summed E-state index contributed by atoms with van der Waals surface area (Å²) in [6.45, 7) is 3.04. The lowest BCUT2D eigenvalue weighted by Crippen LogP contribution is -2.16. The molecule has 0 spiro atoms. The normalized spacial score (nSPS) is 29.8. The fourth-order valence-corrected chi connectivity index (χ4v) is 2.53. The molecular formula is C12H19N3O. The van der Waals surface area contributed by atoms with Crippen LogP contribution in [0.1, 0.15) is 56.7 Å². The Morgan fingerprint density at radius 1 is 1.31 bits per heavy atom. The Morgan fingerprint density at radius 2 is 2.19 bits per heavy atom. The summed E-state index contributed by atoms with van der Waals surface area (Å²) >= 11 is 0. The lowest BCUT2D eigenvalue weighted by molar-refractivity contribution is 0.327. The van der Waals surface area contributed by atoms with E-state index in [1.165, 1.54) is 32.1 Å². The van der Waals surface area contributed by atoms with Crippen LogP contribution < -0.4 is 5.32 Å². The van der Waals surface area contributed by atoms with Gasteiger partial charge in [-0.15, -0.1) is 0 Å². The van der Waals surface area contributed by atoms with Crippen molar-refractivity contribution >= 4 is 0 Å². The van der Waals surface area contributed by atoms with Gasteiger partial charge in [-0.3, -0.25) is 0 Å². The van der Waals surface area contributed by atoms with E-state index < -0.39 is 0 Å². The molecule has 0 radical (unpaired) electrons. The zero-order valence-electron chi connectivity index (χ0n) is 9.78. The molecule has 3 rings (SSSR count). The zero-order chi connectivity index (χ0) is 11.0. The second-order valence-corrected chi connectivity index (χ2v) is 5.22. The molecular weight excluding hydrogens is 202 g/mol. The molecule has 2 saturated carbocycles. The van der Waals surface area contributed by atoms with Gasteiger partial charge in [-0.2, -0.15) is 4.98 Å². The lowest BCUT2D eigenvalue weighted by atomic mass is 9.98. The van der Waals surface area contributed by atoms with Crippen molar-refractivity contribution in [2.45, 2.75) is 57.5 Å². The van der Waals surface area contributed by atoms with Crippen LogP contribution in [0.25, 0.3) is 0 Å². The minimum absolute atomic E-state index is 0.502. The predicted octanol–water partition coefficient (Wildman–Crippen LogP) is 2.23. The Labute approximate surface area is 95.8 Å². The Hall–Kier alpha value is -0.900. The first-order valence-electron chi connectivity index (χ1n) is 6.39. The summed E-state index contributed by atoms with van der Waals surface area (Å²) in [5.74, 6) is 2.88. The maximum absolute atomic E-state index is 5.37. The number of nitrogens with one attached hydrogen (secondary N) is 1. The maximum Gasteiger partial charge on any atom is 0.230 e. The van der Waals surface area contributed by atoms with Gasteiger partial charge in [0.25, 0.3) is 0 Å². The van der Waals surface area contributed by atoms with E-state index in [1.54, 1.807) is 0 Å². The summed E-state index contributed by atoms with van der Waals surface area (Å²) in [7, 11) is 0. The van der Waals surface area contributed by atoms with Crippen LogP contribution in [0, 0.1) is 5.92 Å². The molecule has 16 heavy (non-hydrogen) atoms. The van der Waals surface area contributed by atoms with Crippen molar-refractivity contribution < 1.29 is 4.52 Å². The summed E-state index contributed by atoms with van der Waals surface area (Å²) in [5.41, 5.74) is 0. The molecule has 0 saturated heterocycles. The second-order valence-electron chi connectivity index (χ2n) is 5.22. The lowest BCUT2D eigenvalue weighted by Gasteiger charge is -2.08. The van der Waals surface area contributed by atoms with Gasteiger partial charge < -0.3 is 9.84 Å². The van der Waals surface area contributed by atoms with Gasteiger partial charge in [-0.05, 0) is 31.6 Å². The van der Waals surface area contributed by atoms with Crippen molar-refractivity contribution in [2.75, 3.05) is 0 Å². The van der Waals surface area contributed by atoms with Crippen molar-refractivity contribution in [3.8, 4) is 0 Å². The molecule has 2 atom stereocenters. The van der Waals surface area contributed by atoms with Gasteiger partial charge in [-0.25, -0.2) is 0 Å². The van der Waals surface area contributed by atoms with E-state index >= 15 is 0 Å². The van der Waals surface area contributed by atoms with Gasteiger partial charge in [0.05, 0.1) is 6.54 Å². The fourth-order valence-electron chi connectivity index (χ4n) is 2.53. The summed E-state index contributed by atoms with van der Waals surface area (Å²) < 4.78 is 5.37. The van der Waals surface area contributed by atoms with Crippen LogP contribution in [0.4, 0.5) is 0 Å². The molecule has 1 aromatic heterocycles. The van der Waals surface area contributed by atoms with E-state index in [-0.39, 0.29) is 0 Å². The monoisotopic (exact) mass is 221 g/mol. The Morgan fingerprint density at radius 3 is 2.88 bits per heavy atom. The van der Waals surface area contributed by atoms with Gasteiger partial charge in [0.15, 0.2) is 5.82 Å². The topological polar surface area (TPSA) is 51.0 Å². The highest BCUT2D eigenvalue weighted by Crippen LogP contribution is 2.38. The summed E-state index contributed by atoms with van der Waals surface area (Å²) in [6.07, 6.45) is 6.39. The average molecular weight is 221 g/mol. The Bertz CT molecular complexity index is 359. The minimum atomic E-state index is 0.502. The molecule has 2 fully saturated rings. The number of nitrogens with zero attached hydrogens (tertiary/aromatic N) is 2. The maximum atomic E-state index is 5.37. The van der Waals surface area contributed by atoms with E-state index in [9.17, 15) is 0 Å². The van der Waals surface area contributed by atoms with Crippen molar-refractivity contribution in [3.63, 3.8) is 0 Å². The van der Waals surface area contributed by atoms with E-state index in [0.717, 1.165) is 18.3 Å². The van der Waals surface area contributed by atoms with Gasteiger partial charge in [0, 0.05) is 12.0 Å². The summed E-state index contributed by atoms with van der Waals surface area (Å²) in [4.78, 5) is 4.50. The zero-order valence-corrected chi connectivity index (χ0v) is 9.78. The van der Waals surface area contributed by atoms with Crippen molar-refractivity contribution in [3.05, 3.63) is 11.7 Å². The molecule has 2 unspecified atom stereocenters. The predicted molar refractivity (Wildman–Crippen MR) is 59.9 cm³/mol. The van der Waals surface area contributed by atoms with Crippen LogP contribution in [0.15, 0.2) is 4.52 Å². The third kappa shape index (κ3) is 2.12. The minimum Gasteiger partial charge on any atom is -0.339 e. The van der Waals surface area contributed by atoms with Gasteiger partial charge >= 0.3 is 0 Å². The van der Waals surface area contributed by atoms with E-state index in [4.69, 9.17) is 4.52 Å². The number of hydrogen-bond acceptors (Lipinski definition) is 4. The van der Waals surface area contributed by atoms with Crippen molar-refractivity contribution in [1.82, 2.24) is 15.5 Å². The molecule has 0 aliphatic heterocycles. The van der Waals surface area contributed by atoms with Crippen molar-refractivity contribution in [1.29, 1.82) is 0 Å². The third-order valence-corrected chi connectivity index (χ3v) is 3.79. The van der Waals surface area contributed by atoms with Crippen LogP contribution in [0.2, 0.25) is 0 Å². The molecule has 1 heterocycles. The van der Waals surface area contributed by atoms with Crippen LogP contribution in [-0.4, -0.2) is 16.2 Å². The highest BCUT2D eigenvalue weighted by molar-refractivity contribution is 4.99. The molecule has 88 valence electrons. The summed E-state index contributed by atoms with van der Waals surface area (Å²) in [5, 5.41) is 7.45. The molecule has 1 aromatic rings. The number of rotatable bonds is 4. The fraction of sp³-hybridized carbons (Fsp3) is 0.833. The first kappa shape index (κ1) is 10.3. The Kier molecular flexibility index (Phi) is 2.67. The van der Waals surface area contributed by atoms with Gasteiger partial charge in [-0.1, -0.05) is 18.5 Å². The SMILES string of the molecule is CC1CCCC1c1nc(CNC2CC2)no1. The molecule has 0 aromatic carbocycles. The quantitative estimate of drug-likeness (QED) is 0.847. The van der Waals surface area contributed by atoms with Crippen LogP contribution in [-0.2, 0) is 6.54 Å². The van der Waals surface area contributed by atoms with Gasteiger partial charge in [0.1, 0.15) is 0 Å². The molecule has 2 aliphatic carbocycles. The van der Waals surface area contributed by atoms with Crippen LogP contribution in [0.3, 0.4) is 0 Å². The Balaban J connectivity index is 1.62. The molecule has 1 N–H and O–H groups in total. The first-order valence-corrected chi connectivity index (χ1v) is 6.39. The highest BCUT2D eigenvalue weighted by atomic mass is 16.5. The number of aromatic nitrogens is 2. The van der Waals surface area contributed by atoms with Crippen molar-refractivity contribution in [2.24, 2.45) is 5.92 Å². The largest absolute Gasteiger partial charge is 0.339 e. The first-order chi connectivity index (χ1) is 7.83. The van der Waals surface area contributed by atoms with E-state index in [2.05, 4.69) is 22.4 Å². The standard InChI is InChI=1S/C12H19N3O/c1-8-3-2-4-10(8)12-14-11(15-16-12)7-13-9-5-6-9/h8-10,13H,2-7H2,1H3. The highest BCUT2D eigenvalue weighted by Gasteiger charge is 2.29. The third-order valence-electron chi connectivity index (χ3n) is 3.79. The molecule has 4 nitrogen and oxygen atoms in total. The molecule has 0 amide bonds. The molecule has 4 heteroatoms. The van der Waals surface area contributed by atoms with E-state index in [1.807, 2.05) is 0 Å². The molecule has 0 bridgehead atoms. The second kappa shape index (κ2) is 4.17. The molecule has 2 aliphatic rings.